The van der Waals surface area contributed by atoms with Crippen LogP contribution >= 0.6 is 35.0 Å². The summed E-state index contributed by atoms with van der Waals surface area (Å²) in [6.45, 7) is 0. The van der Waals surface area contributed by atoms with Crippen molar-refractivity contribution in [3.05, 3.63) is 34.4 Å². The van der Waals surface area contributed by atoms with Gasteiger partial charge in [-0.25, -0.2) is 4.98 Å². The maximum atomic E-state index is 6.07. The molecule has 7 heteroatoms. The number of nitrogens with zero attached hydrogens (tertiary/aromatic N) is 1. The molecular formula is C13H12Cl2N2O2S. The first-order valence-corrected chi connectivity index (χ1v) is 7.53. The Kier molecular flexibility index (Phi) is 4.86. The number of rotatable bonds is 4. The maximum Gasteiger partial charge on any atom is 0.220 e. The zero-order chi connectivity index (χ0) is 14.7. The third-order valence-corrected chi connectivity index (χ3v) is 3.79. The van der Waals surface area contributed by atoms with Gasteiger partial charge in [-0.3, -0.25) is 0 Å². The van der Waals surface area contributed by atoms with Crippen molar-refractivity contribution in [3.63, 3.8) is 0 Å². The first-order chi connectivity index (χ1) is 9.55. The quantitative estimate of drug-likeness (QED) is 0.661. The van der Waals surface area contributed by atoms with Crippen LogP contribution in [0.3, 0.4) is 0 Å². The lowest BCUT2D eigenvalue weighted by Crippen LogP contribution is -1.94. The molecule has 1 aromatic heterocycles. The van der Waals surface area contributed by atoms with E-state index in [-0.39, 0.29) is 0 Å². The molecule has 4 nitrogen and oxygen atoms in total. The number of hydrogen-bond donors (Lipinski definition) is 1. The summed E-state index contributed by atoms with van der Waals surface area (Å²) >= 11 is 13.7. The lowest BCUT2D eigenvalue weighted by molar-refractivity contribution is 0.397. The molecule has 0 aliphatic rings. The van der Waals surface area contributed by atoms with Crippen LogP contribution < -0.4 is 15.2 Å². The number of pyridine rings is 1. The fourth-order valence-corrected chi connectivity index (χ4v) is 2.69. The van der Waals surface area contributed by atoms with E-state index in [0.29, 0.717) is 33.1 Å². The number of methoxy groups -OCH3 is 1. The molecule has 1 heterocycles. The van der Waals surface area contributed by atoms with E-state index in [1.807, 2.05) is 6.26 Å². The van der Waals surface area contributed by atoms with Crippen LogP contribution in [-0.2, 0) is 0 Å². The van der Waals surface area contributed by atoms with E-state index >= 15 is 0 Å². The van der Waals surface area contributed by atoms with E-state index in [4.69, 9.17) is 38.4 Å². The SMILES string of the molecule is COc1cnc(Oc2c(Cl)cc(N)cc2Cl)cc1SC. The Morgan fingerprint density at radius 3 is 2.40 bits per heavy atom. The fourth-order valence-electron chi connectivity index (χ4n) is 1.56. The highest BCUT2D eigenvalue weighted by molar-refractivity contribution is 7.98. The van der Waals surface area contributed by atoms with Crippen molar-refractivity contribution >= 4 is 40.7 Å². The molecule has 0 fully saturated rings. The smallest absolute Gasteiger partial charge is 0.220 e. The predicted molar refractivity (Wildman–Crippen MR) is 83.5 cm³/mol. The number of thioether (sulfide) groups is 1. The van der Waals surface area contributed by atoms with Gasteiger partial charge in [0.25, 0.3) is 0 Å². The summed E-state index contributed by atoms with van der Waals surface area (Å²) in [7, 11) is 1.59. The number of nitrogen functional groups attached to an aromatic ring is 1. The van der Waals surface area contributed by atoms with Gasteiger partial charge in [0.05, 0.1) is 28.2 Å². The van der Waals surface area contributed by atoms with Gasteiger partial charge in [0.15, 0.2) is 11.5 Å². The van der Waals surface area contributed by atoms with Crippen molar-refractivity contribution in [2.45, 2.75) is 4.90 Å². The van der Waals surface area contributed by atoms with Gasteiger partial charge in [0, 0.05) is 11.8 Å². The van der Waals surface area contributed by atoms with Crippen molar-refractivity contribution < 1.29 is 9.47 Å². The highest BCUT2D eigenvalue weighted by Crippen LogP contribution is 2.39. The van der Waals surface area contributed by atoms with Gasteiger partial charge in [0.2, 0.25) is 5.88 Å². The van der Waals surface area contributed by atoms with Crippen LogP contribution in [0.15, 0.2) is 29.3 Å². The molecule has 0 saturated heterocycles. The molecule has 0 aliphatic carbocycles. The third kappa shape index (κ3) is 3.23. The van der Waals surface area contributed by atoms with Gasteiger partial charge in [-0.1, -0.05) is 23.2 Å². The van der Waals surface area contributed by atoms with Crippen LogP contribution in [-0.4, -0.2) is 18.3 Å². The molecule has 106 valence electrons. The van der Waals surface area contributed by atoms with Crippen molar-refractivity contribution in [2.24, 2.45) is 0 Å². The molecule has 0 bridgehead atoms. The Morgan fingerprint density at radius 2 is 1.85 bits per heavy atom. The Morgan fingerprint density at radius 1 is 1.20 bits per heavy atom. The predicted octanol–water partition coefficient (Wildman–Crippen LogP) is 4.49. The van der Waals surface area contributed by atoms with Crippen molar-refractivity contribution in [2.75, 3.05) is 19.1 Å². The first kappa shape index (κ1) is 15.1. The van der Waals surface area contributed by atoms with E-state index < -0.39 is 0 Å². The number of aromatic nitrogens is 1. The molecule has 0 amide bonds. The Labute approximate surface area is 131 Å². The fraction of sp³-hybridized carbons (Fsp3) is 0.154. The van der Waals surface area contributed by atoms with E-state index in [1.54, 1.807) is 31.5 Å². The van der Waals surface area contributed by atoms with Crippen molar-refractivity contribution in [1.29, 1.82) is 0 Å². The summed E-state index contributed by atoms with van der Waals surface area (Å²) in [6, 6.07) is 4.90. The summed E-state index contributed by atoms with van der Waals surface area (Å²) in [6.07, 6.45) is 3.52. The second-order valence-corrected chi connectivity index (χ2v) is 5.46. The van der Waals surface area contributed by atoms with E-state index in [9.17, 15) is 0 Å². The molecule has 20 heavy (non-hydrogen) atoms. The maximum absolute atomic E-state index is 6.07. The molecule has 2 N–H and O–H groups in total. The molecule has 1 aromatic carbocycles. The van der Waals surface area contributed by atoms with Gasteiger partial charge < -0.3 is 15.2 Å². The van der Waals surface area contributed by atoms with E-state index in [1.165, 1.54) is 11.8 Å². The average Bonchev–Trinajstić information content (AvgIpc) is 2.42. The number of hydrogen-bond acceptors (Lipinski definition) is 5. The number of benzene rings is 1. The van der Waals surface area contributed by atoms with Crippen LogP contribution in [0.4, 0.5) is 5.69 Å². The molecule has 0 saturated carbocycles. The molecule has 2 rings (SSSR count). The van der Waals surface area contributed by atoms with Gasteiger partial charge in [0.1, 0.15) is 0 Å². The summed E-state index contributed by atoms with van der Waals surface area (Å²) in [5, 5.41) is 0.664. The summed E-state index contributed by atoms with van der Waals surface area (Å²) in [5.41, 5.74) is 6.12. The van der Waals surface area contributed by atoms with Crippen LogP contribution in [0.2, 0.25) is 10.0 Å². The largest absolute Gasteiger partial charge is 0.494 e. The van der Waals surface area contributed by atoms with Gasteiger partial charge >= 0.3 is 0 Å². The number of nitrogens with two attached hydrogens (primary N) is 1. The Hall–Kier alpha value is -1.30. The molecule has 0 unspecified atom stereocenters. The van der Waals surface area contributed by atoms with Crippen LogP contribution in [0, 0.1) is 0 Å². The second-order valence-electron chi connectivity index (χ2n) is 3.79. The zero-order valence-corrected chi connectivity index (χ0v) is 13.1. The Balaban J connectivity index is 2.35. The number of ether oxygens (including phenoxy) is 2. The van der Waals surface area contributed by atoms with E-state index in [0.717, 1.165) is 4.90 Å². The first-order valence-electron chi connectivity index (χ1n) is 5.55. The highest BCUT2D eigenvalue weighted by Gasteiger charge is 2.12. The monoisotopic (exact) mass is 330 g/mol. The topological polar surface area (TPSA) is 57.4 Å². The zero-order valence-electron chi connectivity index (χ0n) is 10.8. The lowest BCUT2D eigenvalue weighted by Gasteiger charge is -2.11. The van der Waals surface area contributed by atoms with Crippen molar-refractivity contribution in [3.8, 4) is 17.4 Å². The normalized spacial score (nSPS) is 10.4. The van der Waals surface area contributed by atoms with Crippen molar-refractivity contribution in [1.82, 2.24) is 4.98 Å². The average molecular weight is 331 g/mol. The third-order valence-electron chi connectivity index (χ3n) is 2.47. The lowest BCUT2D eigenvalue weighted by atomic mass is 10.3. The second kappa shape index (κ2) is 6.43. The molecule has 0 atom stereocenters. The molecule has 0 radical (unpaired) electrons. The summed E-state index contributed by atoms with van der Waals surface area (Å²) < 4.78 is 10.8. The minimum absolute atomic E-state index is 0.326. The summed E-state index contributed by atoms with van der Waals surface area (Å²) in [4.78, 5) is 5.05. The number of anilines is 1. The molecule has 2 aromatic rings. The van der Waals surface area contributed by atoms with Crippen LogP contribution in [0.1, 0.15) is 0 Å². The standard InChI is InChI=1S/C13H12Cl2N2O2S/c1-18-10-6-17-12(5-11(10)20-2)19-13-8(14)3-7(16)4-9(13)15/h3-6H,16H2,1-2H3. The molecule has 0 aliphatic heterocycles. The minimum Gasteiger partial charge on any atom is -0.494 e. The van der Waals surface area contributed by atoms with Gasteiger partial charge in [-0.2, -0.15) is 0 Å². The molecule has 0 spiro atoms. The highest BCUT2D eigenvalue weighted by atomic mass is 35.5. The van der Waals surface area contributed by atoms with Crippen LogP contribution in [0.5, 0.6) is 17.4 Å². The number of halogens is 2. The Bertz CT molecular complexity index is 615. The van der Waals surface area contributed by atoms with Crippen LogP contribution in [0.25, 0.3) is 0 Å². The van der Waals surface area contributed by atoms with E-state index in [2.05, 4.69) is 4.98 Å². The van der Waals surface area contributed by atoms with Gasteiger partial charge in [-0.05, 0) is 18.4 Å². The van der Waals surface area contributed by atoms with Gasteiger partial charge in [-0.15, -0.1) is 11.8 Å². The molecular weight excluding hydrogens is 319 g/mol. The summed E-state index contributed by atoms with van der Waals surface area (Å²) in [5.74, 6) is 1.38. The minimum atomic E-state index is 0.326.